The van der Waals surface area contributed by atoms with Crippen molar-refractivity contribution in [1.82, 2.24) is 15.3 Å². The minimum atomic E-state index is -4.57. The van der Waals surface area contributed by atoms with E-state index in [1.54, 1.807) is 13.2 Å². The molecule has 1 heterocycles. The largest absolute Gasteiger partial charge is 0.497 e. The van der Waals surface area contributed by atoms with Gasteiger partial charge in [-0.2, -0.15) is 13.2 Å². The number of methoxy groups -OCH3 is 1. The number of aromatic nitrogens is 2. The maximum absolute atomic E-state index is 12.8. The zero-order chi connectivity index (χ0) is 20.9. The number of imidazole rings is 1. The highest BCUT2D eigenvalue weighted by Gasteiger charge is 2.35. The molecule has 0 bridgehead atoms. The van der Waals surface area contributed by atoms with Gasteiger partial charge in [-0.1, -0.05) is 18.2 Å². The number of benzene rings is 2. The summed E-state index contributed by atoms with van der Waals surface area (Å²) in [5.41, 5.74) is 1.44. The molecule has 156 valence electrons. The lowest BCUT2D eigenvalue weighted by molar-refractivity contribution is -0.144. The minimum absolute atomic E-state index is 0.0666. The summed E-state index contributed by atoms with van der Waals surface area (Å²) in [5.74, 6) is -0.0978. The first kappa shape index (κ1) is 20.9. The van der Waals surface area contributed by atoms with Crippen LogP contribution in [0.15, 0.2) is 42.5 Å². The van der Waals surface area contributed by atoms with Crippen LogP contribution in [-0.2, 0) is 12.6 Å². The second kappa shape index (κ2) is 9.15. The Balaban J connectivity index is 1.46. The number of hydrogen-bond acceptors (Lipinski definition) is 5. The van der Waals surface area contributed by atoms with Crippen LogP contribution in [0.4, 0.5) is 13.2 Å². The fourth-order valence-corrected chi connectivity index (χ4v) is 2.80. The number of fused-ring (bicyclic) bond motifs is 1. The van der Waals surface area contributed by atoms with E-state index in [4.69, 9.17) is 9.47 Å². The molecule has 0 amide bonds. The third-order valence-electron chi connectivity index (χ3n) is 4.30. The van der Waals surface area contributed by atoms with Gasteiger partial charge in [-0.3, -0.25) is 0 Å². The third-order valence-corrected chi connectivity index (χ3v) is 4.30. The summed E-state index contributed by atoms with van der Waals surface area (Å²) in [7, 11) is 1.61. The minimum Gasteiger partial charge on any atom is -0.497 e. The number of alkyl halides is 3. The zero-order valence-corrected chi connectivity index (χ0v) is 15.8. The summed E-state index contributed by atoms with van der Waals surface area (Å²) in [6, 6.07) is 12.3. The molecule has 29 heavy (non-hydrogen) atoms. The lowest BCUT2D eigenvalue weighted by Crippen LogP contribution is -2.32. The first-order valence-electron chi connectivity index (χ1n) is 9.07. The van der Waals surface area contributed by atoms with Crippen molar-refractivity contribution in [3.05, 3.63) is 53.9 Å². The number of H-pyrrole nitrogens is 1. The number of aliphatic hydroxyl groups is 1. The van der Waals surface area contributed by atoms with Crippen LogP contribution < -0.4 is 14.8 Å². The van der Waals surface area contributed by atoms with Crippen molar-refractivity contribution in [2.24, 2.45) is 0 Å². The number of aliphatic hydroxyl groups excluding tert-OH is 1. The average molecular weight is 409 g/mol. The fourth-order valence-electron chi connectivity index (χ4n) is 2.80. The second-order valence-electron chi connectivity index (χ2n) is 6.50. The van der Waals surface area contributed by atoms with Crippen LogP contribution in [-0.4, -0.2) is 48.0 Å². The molecule has 3 aromatic rings. The van der Waals surface area contributed by atoms with Gasteiger partial charge in [-0.15, -0.1) is 0 Å². The molecule has 0 aliphatic heterocycles. The van der Waals surface area contributed by atoms with Crippen molar-refractivity contribution >= 4 is 11.0 Å². The number of rotatable bonds is 9. The van der Waals surface area contributed by atoms with Crippen LogP contribution in [0, 0.1) is 0 Å². The summed E-state index contributed by atoms with van der Waals surface area (Å²) in [6.07, 6.45) is -4.60. The summed E-state index contributed by atoms with van der Waals surface area (Å²) >= 11 is 0. The number of nitrogens with one attached hydrogen (secondary N) is 2. The number of ether oxygens (including phenoxy) is 2. The summed E-state index contributed by atoms with van der Waals surface area (Å²) in [6.45, 7) is 0.886. The molecule has 0 saturated heterocycles. The Morgan fingerprint density at radius 3 is 2.62 bits per heavy atom. The van der Waals surface area contributed by atoms with E-state index in [0.29, 0.717) is 13.1 Å². The molecule has 3 N–H and O–H groups in total. The van der Waals surface area contributed by atoms with Gasteiger partial charge in [0, 0.05) is 6.54 Å². The Kier molecular flexibility index (Phi) is 6.60. The maximum atomic E-state index is 12.8. The Hall–Kier alpha value is -2.78. The van der Waals surface area contributed by atoms with Crippen molar-refractivity contribution in [2.75, 3.05) is 26.8 Å². The molecule has 0 spiro atoms. The molecule has 0 radical (unpaired) electrons. The molecule has 1 aromatic heterocycles. The second-order valence-corrected chi connectivity index (χ2v) is 6.50. The lowest BCUT2D eigenvalue weighted by Gasteiger charge is -2.13. The molecule has 3 rings (SSSR count). The number of nitrogens with zero attached hydrogens (tertiary/aromatic N) is 1. The van der Waals surface area contributed by atoms with Crippen molar-refractivity contribution in [1.29, 1.82) is 0 Å². The van der Waals surface area contributed by atoms with E-state index in [1.165, 1.54) is 12.1 Å². The van der Waals surface area contributed by atoms with Gasteiger partial charge in [0.1, 0.15) is 29.7 Å². The molecular formula is C20H22F3N3O3. The van der Waals surface area contributed by atoms with Gasteiger partial charge in [0.25, 0.3) is 0 Å². The van der Waals surface area contributed by atoms with E-state index >= 15 is 0 Å². The van der Waals surface area contributed by atoms with Crippen LogP contribution in [0.1, 0.15) is 11.4 Å². The molecule has 0 unspecified atom stereocenters. The van der Waals surface area contributed by atoms with Crippen LogP contribution in [0.2, 0.25) is 0 Å². The predicted octanol–water partition coefficient (Wildman–Crippen LogP) is 3.16. The maximum Gasteiger partial charge on any atom is 0.449 e. The van der Waals surface area contributed by atoms with E-state index in [0.717, 1.165) is 17.7 Å². The Bertz CT molecular complexity index is 926. The normalized spacial score (nSPS) is 12.9. The number of hydrogen-bond donors (Lipinski definition) is 3. The molecule has 6 nitrogen and oxygen atoms in total. The topological polar surface area (TPSA) is 79.4 Å². The van der Waals surface area contributed by atoms with Crippen LogP contribution in [0.5, 0.6) is 11.5 Å². The van der Waals surface area contributed by atoms with Gasteiger partial charge in [0.2, 0.25) is 5.82 Å². The lowest BCUT2D eigenvalue weighted by atomic mass is 10.1. The molecule has 1 atom stereocenters. The first-order chi connectivity index (χ1) is 13.9. The third kappa shape index (κ3) is 5.61. The van der Waals surface area contributed by atoms with E-state index in [9.17, 15) is 18.3 Å². The Morgan fingerprint density at radius 1 is 1.17 bits per heavy atom. The van der Waals surface area contributed by atoms with Crippen LogP contribution in [0.3, 0.4) is 0 Å². The van der Waals surface area contributed by atoms with Crippen LogP contribution in [0.25, 0.3) is 11.0 Å². The van der Waals surface area contributed by atoms with Crippen molar-refractivity contribution < 1.29 is 27.8 Å². The highest BCUT2D eigenvalue weighted by atomic mass is 19.4. The van der Waals surface area contributed by atoms with Crippen LogP contribution >= 0.6 is 0 Å². The van der Waals surface area contributed by atoms with Gasteiger partial charge in [0.05, 0.1) is 12.6 Å². The highest BCUT2D eigenvalue weighted by molar-refractivity contribution is 5.81. The summed E-state index contributed by atoms with van der Waals surface area (Å²) in [4.78, 5) is 5.80. The molecule has 2 aromatic carbocycles. The number of para-hydroxylation sites is 1. The monoisotopic (exact) mass is 409 g/mol. The van der Waals surface area contributed by atoms with Crippen molar-refractivity contribution in [2.45, 2.75) is 18.7 Å². The fraction of sp³-hybridized carbons (Fsp3) is 0.350. The van der Waals surface area contributed by atoms with E-state index in [-0.39, 0.29) is 23.4 Å². The standard InChI is InChI=1S/C20H22F3N3O3/c1-28-15-7-5-13(6-8-15)9-10-24-11-14(27)12-29-17-4-2-3-16-18(17)26-19(25-16)20(21,22)23/h2-8,14,24,27H,9-12H2,1H3,(H,25,26)/t14-/m1/s1. The summed E-state index contributed by atoms with van der Waals surface area (Å²) in [5, 5.41) is 13.2. The smallest absolute Gasteiger partial charge is 0.449 e. The first-order valence-corrected chi connectivity index (χ1v) is 9.07. The van der Waals surface area contributed by atoms with Gasteiger partial charge in [-0.25, -0.2) is 4.98 Å². The molecule has 0 aliphatic rings. The SMILES string of the molecule is COc1ccc(CCNC[C@@H](O)COc2cccc3[nH]c(C(F)(F)F)nc23)cc1. The molecule has 0 saturated carbocycles. The van der Waals surface area contributed by atoms with Crippen molar-refractivity contribution in [3.63, 3.8) is 0 Å². The van der Waals surface area contributed by atoms with Gasteiger partial charge >= 0.3 is 6.18 Å². The average Bonchev–Trinajstić information content (AvgIpc) is 3.15. The number of halogens is 3. The number of aromatic amines is 1. The quantitative estimate of drug-likeness (QED) is 0.473. The highest BCUT2D eigenvalue weighted by Crippen LogP contribution is 2.31. The van der Waals surface area contributed by atoms with Crippen molar-refractivity contribution in [3.8, 4) is 11.5 Å². The molecule has 9 heteroatoms. The Labute approximate surface area is 165 Å². The molecule has 0 aliphatic carbocycles. The predicted molar refractivity (Wildman–Crippen MR) is 102 cm³/mol. The van der Waals surface area contributed by atoms with Gasteiger partial charge < -0.3 is 24.9 Å². The Morgan fingerprint density at radius 2 is 1.93 bits per heavy atom. The van der Waals surface area contributed by atoms with E-state index in [1.807, 2.05) is 24.3 Å². The van der Waals surface area contributed by atoms with E-state index in [2.05, 4.69) is 15.3 Å². The molecular weight excluding hydrogens is 387 g/mol. The summed E-state index contributed by atoms with van der Waals surface area (Å²) < 4.78 is 49.1. The zero-order valence-electron chi connectivity index (χ0n) is 15.8. The van der Waals surface area contributed by atoms with E-state index < -0.39 is 18.1 Å². The molecule has 0 fully saturated rings. The van der Waals surface area contributed by atoms with Gasteiger partial charge in [0.15, 0.2) is 0 Å². The van der Waals surface area contributed by atoms with Gasteiger partial charge in [-0.05, 0) is 42.8 Å².